The predicted octanol–water partition coefficient (Wildman–Crippen LogP) is 1.87. The number of nitrogens with one attached hydrogen (secondary N) is 3. The molecule has 0 saturated carbocycles. The standard InChI is InChI=1S/C25H33N7O4/c1-26-10-4-12-32(2)23-8-5-17(14-29-23)20-9-11-27-25(31-20)30-19-6-7-22(36-3)18(13-19)15-28-21(16-33)24(34)35/h5-9,11,13-14,21,26,28,33H,4,10,12,15-16H2,1-3H3,(H,34,35)(H,27,30,31). The zero-order chi connectivity index (χ0) is 25.9. The van der Waals surface area contributed by atoms with Crippen LogP contribution in [-0.4, -0.2) is 78.1 Å². The monoisotopic (exact) mass is 495 g/mol. The SMILES string of the molecule is CNCCCN(C)c1ccc(-c2ccnc(Nc3ccc(OC)c(CNC(CO)C(=O)O)c3)n2)cn1. The number of methoxy groups -OCH3 is 1. The topological polar surface area (TPSA) is 145 Å². The van der Waals surface area contributed by atoms with Gasteiger partial charge in [-0.2, -0.15) is 0 Å². The van der Waals surface area contributed by atoms with Gasteiger partial charge in [0.15, 0.2) is 0 Å². The molecule has 1 atom stereocenters. The summed E-state index contributed by atoms with van der Waals surface area (Å²) in [4.78, 5) is 26.8. The number of anilines is 3. The van der Waals surface area contributed by atoms with E-state index in [1.807, 2.05) is 44.4 Å². The molecule has 0 bridgehead atoms. The third-order valence-corrected chi connectivity index (χ3v) is 5.57. The van der Waals surface area contributed by atoms with Gasteiger partial charge in [0, 0.05) is 49.3 Å². The number of carboxylic acid groups (broad SMARTS) is 1. The first-order chi connectivity index (χ1) is 17.4. The average Bonchev–Trinajstić information content (AvgIpc) is 2.89. The third-order valence-electron chi connectivity index (χ3n) is 5.57. The van der Waals surface area contributed by atoms with Crippen LogP contribution in [0.1, 0.15) is 12.0 Å². The minimum atomic E-state index is -1.13. The number of nitrogens with zero attached hydrogens (tertiary/aromatic N) is 4. The summed E-state index contributed by atoms with van der Waals surface area (Å²) in [7, 11) is 5.51. The molecule has 0 amide bonds. The molecule has 36 heavy (non-hydrogen) atoms. The Bertz CT molecular complexity index is 1130. The number of carboxylic acids is 1. The lowest BCUT2D eigenvalue weighted by molar-refractivity contribution is -0.140. The number of hydrogen-bond acceptors (Lipinski definition) is 10. The summed E-state index contributed by atoms with van der Waals surface area (Å²) >= 11 is 0. The molecule has 2 aromatic heterocycles. The van der Waals surface area contributed by atoms with Crippen molar-refractivity contribution in [3.8, 4) is 17.0 Å². The summed E-state index contributed by atoms with van der Waals surface area (Å²) in [6.07, 6.45) is 4.50. The number of aromatic nitrogens is 3. The first-order valence-electron chi connectivity index (χ1n) is 11.6. The predicted molar refractivity (Wildman–Crippen MR) is 139 cm³/mol. The summed E-state index contributed by atoms with van der Waals surface area (Å²) in [5.74, 6) is 0.766. The van der Waals surface area contributed by atoms with Crippen molar-refractivity contribution in [1.29, 1.82) is 0 Å². The normalized spacial score (nSPS) is 11.7. The Kier molecular flexibility index (Phi) is 9.92. The molecule has 0 aliphatic rings. The molecular weight excluding hydrogens is 462 g/mol. The minimum Gasteiger partial charge on any atom is -0.496 e. The molecule has 0 radical (unpaired) electrons. The number of aliphatic hydroxyl groups excluding tert-OH is 1. The van der Waals surface area contributed by atoms with Gasteiger partial charge in [0.25, 0.3) is 0 Å². The van der Waals surface area contributed by atoms with Crippen LogP contribution in [0, 0.1) is 0 Å². The van der Waals surface area contributed by atoms with Gasteiger partial charge in [-0.15, -0.1) is 0 Å². The number of rotatable bonds is 14. The van der Waals surface area contributed by atoms with Crippen molar-refractivity contribution >= 4 is 23.4 Å². The number of aliphatic hydroxyl groups is 1. The number of hydrogen-bond donors (Lipinski definition) is 5. The van der Waals surface area contributed by atoms with E-state index >= 15 is 0 Å². The van der Waals surface area contributed by atoms with Crippen LogP contribution in [0.25, 0.3) is 11.3 Å². The molecule has 0 fully saturated rings. The van der Waals surface area contributed by atoms with Crippen molar-refractivity contribution in [2.24, 2.45) is 0 Å². The maximum atomic E-state index is 11.2. The summed E-state index contributed by atoms with van der Waals surface area (Å²) in [5.41, 5.74) is 3.03. The quantitative estimate of drug-likeness (QED) is 0.209. The van der Waals surface area contributed by atoms with Gasteiger partial charge in [0.2, 0.25) is 5.95 Å². The average molecular weight is 496 g/mol. The van der Waals surface area contributed by atoms with Gasteiger partial charge in [-0.3, -0.25) is 10.1 Å². The summed E-state index contributed by atoms with van der Waals surface area (Å²) in [6.45, 7) is 1.54. The van der Waals surface area contributed by atoms with Crippen LogP contribution >= 0.6 is 0 Å². The molecule has 11 heteroatoms. The Morgan fingerprint density at radius 2 is 2.03 bits per heavy atom. The fraction of sp³-hybridized carbons (Fsp3) is 0.360. The van der Waals surface area contributed by atoms with Crippen LogP contribution in [0.4, 0.5) is 17.5 Å². The smallest absolute Gasteiger partial charge is 0.323 e. The van der Waals surface area contributed by atoms with E-state index in [1.54, 1.807) is 25.6 Å². The van der Waals surface area contributed by atoms with Crippen molar-refractivity contribution in [3.05, 3.63) is 54.4 Å². The van der Waals surface area contributed by atoms with E-state index in [0.29, 0.717) is 17.4 Å². The Morgan fingerprint density at radius 1 is 1.19 bits per heavy atom. The third kappa shape index (κ3) is 7.35. The fourth-order valence-electron chi connectivity index (χ4n) is 3.54. The summed E-state index contributed by atoms with van der Waals surface area (Å²) < 4.78 is 5.39. The van der Waals surface area contributed by atoms with Gasteiger partial charge in [-0.1, -0.05) is 0 Å². The van der Waals surface area contributed by atoms with E-state index in [1.165, 1.54) is 0 Å². The fourth-order valence-corrected chi connectivity index (χ4v) is 3.54. The Hall–Kier alpha value is -3.80. The van der Waals surface area contributed by atoms with E-state index in [0.717, 1.165) is 42.1 Å². The molecule has 192 valence electrons. The summed E-state index contributed by atoms with van der Waals surface area (Å²) in [6, 6.07) is 10.1. The minimum absolute atomic E-state index is 0.193. The van der Waals surface area contributed by atoms with Crippen LogP contribution in [0.15, 0.2) is 48.8 Å². The second-order valence-corrected chi connectivity index (χ2v) is 8.16. The van der Waals surface area contributed by atoms with Crippen LogP contribution in [-0.2, 0) is 11.3 Å². The first kappa shape index (κ1) is 26.8. The van der Waals surface area contributed by atoms with Crippen molar-refractivity contribution in [2.75, 3.05) is 51.1 Å². The maximum absolute atomic E-state index is 11.2. The zero-order valence-corrected chi connectivity index (χ0v) is 20.7. The lowest BCUT2D eigenvalue weighted by Crippen LogP contribution is -2.39. The molecule has 0 saturated heterocycles. The molecule has 1 unspecified atom stereocenters. The lowest BCUT2D eigenvalue weighted by atomic mass is 10.1. The second kappa shape index (κ2) is 13.3. The molecule has 0 aliphatic carbocycles. The first-order valence-corrected chi connectivity index (χ1v) is 11.6. The van der Waals surface area contributed by atoms with Gasteiger partial charge >= 0.3 is 5.97 Å². The number of pyridine rings is 1. The van der Waals surface area contributed by atoms with Crippen molar-refractivity contribution in [2.45, 2.75) is 19.0 Å². The maximum Gasteiger partial charge on any atom is 0.323 e. The number of aliphatic carboxylic acids is 1. The highest BCUT2D eigenvalue weighted by Crippen LogP contribution is 2.25. The van der Waals surface area contributed by atoms with E-state index in [9.17, 15) is 9.90 Å². The van der Waals surface area contributed by atoms with E-state index < -0.39 is 18.6 Å². The highest BCUT2D eigenvalue weighted by Gasteiger charge is 2.16. The molecule has 2 heterocycles. The number of ether oxygens (including phenoxy) is 1. The van der Waals surface area contributed by atoms with E-state index in [-0.39, 0.29) is 6.54 Å². The summed E-state index contributed by atoms with van der Waals surface area (Å²) in [5, 5.41) is 27.5. The van der Waals surface area contributed by atoms with Crippen molar-refractivity contribution in [3.63, 3.8) is 0 Å². The van der Waals surface area contributed by atoms with Crippen LogP contribution < -0.4 is 25.6 Å². The van der Waals surface area contributed by atoms with Gasteiger partial charge in [0.05, 0.1) is 19.4 Å². The van der Waals surface area contributed by atoms with Gasteiger partial charge < -0.3 is 30.5 Å². The number of carbonyl (C=O) groups is 1. The molecule has 1 aromatic carbocycles. The highest BCUT2D eigenvalue weighted by atomic mass is 16.5. The Labute approximate surface area is 210 Å². The molecule has 0 spiro atoms. The molecule has 3 aromatic rings. The van der Waals surface area contributed by atoms with Crippen LogP contribution in [0.3, 0.4) is 0 Å². The van der Waals surface area contributed by atoms with Crippen LogP contribution in [0.5, 0.6) is 5.75 Å². The van der Waals surface area contributed by atoms with Crippen LogP contribution in [0.2, 0.25) is 0 Å². The van der Waals surface area contributed by atoms with E-state index in [4.69, 9.17) is 9.84 Å². The molecule has 11 nitrogen and oxygen atoms in total. The van der Waals surface area contributed by atoms with Gasteiger partial charge in [-0.25, -0.2) is 15.0 Å². The molecular formula is C25H33N7O4. The lowest BCUT2D eigenvalue weighted by Gasteiger charge is -2.18. The van der Waals surface area contributed by atoms with Gasteiger partial charge in [-0.05, 0) is 56.4 Å². The largest absolute Gasteiger partial charge is 0.496 e. The second-order valence-electron chi connectivity index (χ2n) is 8.16. The molecule has 5 N–H and O–H groups in total. The zero-order valence-electron chi connectivity index (χ0n) is 20.7. The Balaban J connectivity index is 1.71. The van der Waals surface area contributed by atoms with E-state index in [2.05, 4.69) is 35.8 Å². The Morgan fingerprint density at radius 3 is 2.69 bits per heavy atom. The van der Waals surface area contributed by atoms with Gasteiger partial charge in [0.1, 0.15) is 17.6 Å². The molecule has 0 aliphatic heterocycles. The van der Waals surface area contributed by atoms with Crippen molar-refractivity contribution < 1.29 is 19.7 Å². The molecule has 3 rings (SSSR count). The number of benzene rings is 1. The van der Waals surface area contributed by atoms with Crippen molar-refractivity contribution in [1.82, 2.24) is 25.6 Å². The highest BCUT2D eigenvalue weighted by molar-refractivity contribution is 5.73.